The molecule has 0 bridgehead atoms. The van der Waals surface area contributed by atoms with Crippen LogP contribution in [-0.2, 0) is 4.79 Å². The Morgan fingerprint density at radius 2 is 1.33 bits per heavy atom. The van der Waals surface area contributed by atoms with Gasteiger partial charge in [-0.25, -0.2) is 0 Å². The van der Waals surface area contributed by atoms with Crippen LogP contribution in [-0.4, -0.2) is 11.5 Å². The minimum Gasteiger partial charge on any atom is -0.477 e. The van der Waals surface area contributed by atoms with Gasteiger partial charge in [0.15, 0.2) is 5.60 Å². The van der Waals surface area contributed by atoms with Gasteiger partial charge in [-0.1, -0.05) is 60.7 Å². The maximum atomic E-state index is 13.7. The first-order chi connectivity index (χ1) is 13.1. The number of rotatable bonds is 7. The van der Waals surface area contributed by atoms with Crippen LogP contribution in [0.25, 0.3) is 0 Å². The van der Waals surface area contributed by atoms with Crippen molar-refractivity contribution >= 4 is 17.3 Å². The first kappa shape index (κ1) is 18.5. The van der Waals surface area contributed by atoms with E-state index in [4.69, 9.17) is 4.74 Å². The molecule has 136 valence electrons. The number of para-hydroxylation sites is 3. The number of carbonyl (C=O) groups excluding carboxylic acids is 1. The first-order valence-corrected chi connectivity index (χ1v) is 8.94. The quantitative estimate of drug-likeness (QED) is 0.503. The van der Waals surface area contributed by atoms with E-state index in [-0.39, 0.29) is 5.91 Å². The molecule has 0 aliphatic carbocycles. The second kappa shape index (κ2) is 8.37. The van der Waals surface area contributed by atoms with Gasteiger partial charge in [0.1, 0.15) is 5.75 Å². The number of amides is 1. The summed E-state index contributed by atoms with van der Waals surface area (Å²) in [7, 11) is 0. The van der Waals surface area contributed by atoms with Gasteiger partial charge >= 0.3 is 0 Å². The van der Waals surface area contributed by atoms with Crippen LogP contribution in [0, 0.1) is 0 Å². The van der Waals surface area contributed by atoms with Crippen molar-refractivity contribution in [2.24, 2.45) is 0 Å². The number of hydrogen-bond acceptors (Lipinski definition) is 2. The van der Waals surface area contributed by atoms with Crippen molar-refractivity contribution in [3.8, 4) is 5.75 Å². The first-order valence-electron chi connectivity index (χ1n) is 8.94. The van der Waals surface area contributed by atoms with Gasteiger partial charge in [0.25, 0.3) is 5.91 Å². The number of hydrogen-bond donors (Lipinski definition) is 0. The van der Waals surface area contributed by atoms with Gasteiger partial charge in [-0.05, 0) is 43.3 Å². The van der Waals surface area contributed by atoms with E-state index >= 15 is 0 Å². The molecular weight excluding hydrogens is 334 g/mol. The number of benzene rings is 3. The summed E-state index contributed by atoms with van der Waals surface area (Å²) in [6.45, 7) is 5.63. The van der Waals surface area contributed by atoms with Crippen molar-refractivity contribution in [1.29, 1.82) is 0 Å². The van der Waals surface area contributed by atoms with E-state index < -0.39 is 5.60 Å². The Hall–Kier alpha value is -3.33. The highest BCUT2D eigenvalue weighted by molar-refractivity contribution is 6.05. The summed E-state index contributed by atoms with van der Waals surface area (Å²) in [5.74, 6) is 0.500. The maximum Gasteiger partial charge on any atom is 0.275 e. The smallest absolute Gasteiger partial charge is 0.275 e. The molecule has 0 saturated heterocycles. The second-order valence-electron chi connectivity index (χ2n) is 6.45. The normalized spacial score (nSPS) is 12.6. The highest BCUT2D eigenvalue weighted by Gasteiger charge is 2.39. The fourth-order valence-electron chi connectivity index (χ4n) is 2.97. The monoisotopic (exact) mass is 357 g/mol. The summed E-state index contributed by atoms with van der Waals surface area (Å²) < 4.78 is 6.17. The lowest BCUT2D eigenvalue weighted by Gasteiger charge is -2.34. The number of carbonyl (C=O) groups is 1. The average Bonchev–Trinajstić information content (AvgIpc) is 2.71. The number of nitrogens with zero attached hydrogens (tertiary/aromatic N) is 1. The van der Waals surface area contributed by atoms with Gasteiger partial charge in [-0.2, -0.15) is 0 Å². The topological polar surface area (TPSA) is 29.5 Å². The van der Waals surface area contributed by atoms with Gasteiger partial charge < -0.3 is 4.74 Å². The second-order valence-corrected chi connectivity index (χ2v) is 6.45. The maximum absolute atomic E-state index is 13.7. The van der Waals surface area contributed by atoms with Crippen molar-refractivity contribution < 1.29 is 9.53 Å². The molecule has 0 spiro atoms. The molecule has 3 rings (SSSR count). The third-order valence-electron chi connectivity index (χ3n) is 4.30. The van der Waals surface area contributed by atoms with Crippen molar-refractivity contribution in [2.45, 2.75) is 18.9 Å². The van der Waals surface area contributed by atoms with Crippen molar-refractivity contribution in [3.63, 3.8) is 0 Å². The Morgan fingerprint density at radius 1 is 0.889 bits per heavy atom. The Labute approximate surface area is 160 Å². The highest BCUT2D eigenvalue weighted by Crippen LogP contribution is 2.32. The standard InChI is InChI=1S/C24H23NO2/c1-3-19-24(2,27-22-17-11-6-12-18-22)23(26)25(20-13-7-4-8-14-20)21-15-9-5-10-16-21/h3-18H,1,19H2,2H3. The lowest BCUT2D eigenvalue weighted by Crippen LogP contribution is -2.49. The molecule has 0 fully saturated rings. The molecule has 0 aromatic heterocycles. The summed E-state index contributed by atoms with van der Waals surface area (Å²) >= 11 is 0. The summed E-state index contributed by atoms with van der Waals surface area (Å²) in [5, 5.41) is 0. The van der Waals surface area contributed by atoms with Crippen LogP contribution in [0.4, 0.5) is 11.4 Å². The van der Waals surface area contributed by atoms with Gasteiger partial charge in [0.2, 0.25) is 0 Å². The van der Waals surface area contributed by atoms with Gasteiger partial charge in [-0.3, -0.25) is 9.69 Å². The van der Waals surface area contributed by atoms with Crippen LogP contribution >= 0.6 is 0 Å². The summed E-state index contributed by atoms with van der Waals surface area (Å²) in [6, 6.07) is 28.6. The van der Waals surface area contributed by atoms with Crippen LogP contribution in [0.15, 0.2) is 104 Å². The molecule has 0 aliphatic heterocycles. The molecule has 0 aliphatic rings. The molecule has 3 heteroatoms. The molecule has 3 aromatic rings. The molecule has 0 N–H and O–H groups in total. The minimum absolute atomic E-state index is 0.149. The molecule has 1 atom stereocenters. The Bertz CT molecular complexity index is 839. The van der Waals surface area contributed by atoms with E-state index in [0.29, 0.717) is 12.2 Å². The minimum atomic E-state index is -1.09. The Kier molecular flexibility index (Phi) is 5.72. The fourth-order valence-corrected chi connectivity index (χ4v) is 2.97. The largest absolute Gasteiger partial charge is 0.477 e. The van der Waals surface area contributed by atoms with Crippen LogP contribution in [0.1, 0.15) is 13.3 Å². The van der Waals surface area contributed by atoms with Gasteiger partial charge in [0.05, 0.1) is 0 Å². The molecule has 27 heavy (non-hydrogen) atoms. The molecule has 0 heterocycles. The SMILES string of the molecule is C=CCC(C)(Oc1ccccc1)C(=O)N(c1ccccc1)c1ccccc1. The van der Waals surface area contributed by atoms with Gasteiger partial charge in [0, 0.05) is 17.8 Å². The molecule has 0 saturated carbocycles. The third kappa shape index (κ3) is 4.26. The van der Waals surface area contributed by atoms with Gasteiger partial charge in [-0.15, -0.1) is 6.58 Å². The fraction of sp³-hybridized carbons (Fsp3) is 0.125. The molecule has 1 amide bonds. The van der Waals surface area contributed by atoms with E-state index in [1.54, 1.807) is 11.0 Å². The average molecular weight is 357 g/mol. The van der Waals surface area contributed by atoms with Crippen molar-refractivity contribution in [2.75, 3.05) is 4.90 Å². The zero-order chi connectivity index (χ0) is 19.1. The third-order valence-corrected chi connectivity index (χ3v) is 4.30. The van der Waals surface area contributed by atoms with E-state index in [1.807, 2.05) is 97.9 Å². The molecular formula is C24H23NO2. The van der Waals surface area contributed by atoms with E-state index in [0.717, 1.165) is 11.4 Å². The number of anilines is 2. The van der Waals surface area contributed by atoms with E-state index in [1.165, 1.54) is 0 Å². The van der Waals surface area contributed by atoms with Crippen molar-refractivity contribution in [1.82, 2.24) is 0 Å². The van der Waals surface area contributed by atoms with Crippen LogP contribution in [0.3, 0.4) is 0 Å². The van der Waals surface area contributed by atoms with E-state index in [9.17, 15) is 4.79 Å². The van der Waals surface area contributed by atoms with Crippen LogP contribution in [0.5, 0.6) is 5.75 Å². The van der Waals surface area contributed by atoms with Crippen molar-refractivity contribution in [3.05, 3.63) is 104 Å². The predicted octanol–water partition coefficient (Wildman–Crippen LogP) is 5.77. The van der Waals surface area contributed by atoms with E-state index in [2.05, 4.69) is 6.58 Å². The molecule has 0 radical (unpaired) electrons. The van der Waals surface area contributed by atoms with Crippen LogP contribution in [0.2, 0.25) is 0 Å². The Balaban J connectivity index is 2.03. The summed E-state index contributed by atoms with van der Waals surface area (Å²) in [5.41, 5.74) is 0.496. The zero-order valence-corrected chi connectivity index (χ0v) is 15.4. The summed E-state index contributed by atoms with van der Waals surface area (Å²) in [6.07, 6.45) is 2.10. The predicted molar refractivity (Wildman–Crippen MR) is 110 cm³/mol. The number of ether oxygens (including phenoxy) is 1. The summed E-state index contributed by atoms with van der Waals surface area (Å²) in [4.78, 5) is 15.4. The highest BCUT2D eigenvalue weighted by atomic mass is 16.5. The molecule has 3 nitrogen and oxygen atoms in total. The van der Waals surface area contributed by atoms with Crippen LogP contribution < -0.4 is 9.64 Å². The molecule has 1 unspecified atom stereocenters. The lowest BCUT2D eigenvalue weighted by molar-refractivity contribution is -0.131. The Morgan fingerprint density at radius 3 is 1.78 bits per heavy atom. The zero-order valence-electron chi connectivity index (χ0n) is 15.4. The molecule has 3 aromatic carbocycles. The lowest BCUT2D eigenvalue weighted by atomic mass is 9.98.